The number of carbonyl (C=O) groups excluding carboxylic acids is 1. The molecule has 1 aliphatic heterocycles. The molecule has 0 bridgehead atoms. The molecule has 1 N–H and O–H groups in total. The summed E-state index contributed by atoms with van der Waals surface area (Å²) in [5.41, 5.74) is 4.52. The Balaban J connectivity index is 1.49. The van der Waals surface area contributed by atoms with Gasteiger partial charge in [-0.2, -0.15) is 0 Å². The Bertz CT molecular complexity index is 959. The molecule has 1 aromatic heterocycles. The van der Waals surface area contributed by atoms with Crippen LogP contribution in [0.5, 0.6) is 0 Å². The van der Waals surface area contributed by atoms with E-state index in [-0.39, 0.29) is 5.91 Å². The molecule has 1 aliphatic rings. The van der Waals surface area contributed by atoms with Gasteiger partial charge in [-0.05, 0) is 41.3 Å². The lowest BCUT2D eigenvalue weighted by Crippen LogP contribution is -2.31. The molecule has 0 aliphatic carbocycles. The predicted molar refractivity (Wildman–Crippen MR) is 103 cm³/mol. The van der Waals surface area contributed by atoms with E-state index in [0.717, 1.165) is 37.2 Å². The minimum Gasteiger partial charge on any atom is -0.320 e. The van der Waals surface area contributed by atoms with Crippen LogP contribution in [-0.4, -0.2) is 22.3 Å². The Morgan fingerprint density at radius 1 is 1.11 bits per heavy atom. The van der Waals surface area contributed by atoms with E-state index >= 15 is 0 Å². The number of amides is 1. The van der Waals surface area contributed by atoms with Gasteiger partial charge >= 0.3 is 0 Å². The smallest absolute Gasteiger partial charge is 0.255 e. The second-order valence-electron chi connectivity index (χ2n) is 6.74. The number of aromatic nitrogens is 1. The monoisotopic (exact) mass is 361 g/mol. The molecule has 4 rings (SSSR count). The summed E-state index contributed by atoms with van der Waals surface area (Å²) in [4.78, 5) is 19.1. The number of halogens is 1. The van der Waals surface area contributed by atoms with Gasteiger partial charge in [0.15, 0.2) is 0 Å². The highest BCUT2D eigenvalue weighted by atomic mass is 19.1. The molecule has 3 aromatic rings. The van der Waals surface area contributed by atoms with Gasteiger partial charge in [0.25, 0.3) is 5.91 Å². The molecule has 1 amide bonds. The predicted octanol–water partition coefficient (Wildman–Crippen LogP) is 4.03. The number of hydrogen-bond acceptors (Lipinski definition) is 3. The molecule has 5 heteroatoms. The van der Waals surface area contributed by atoms with Crippen LogP contribution in [0.1, 0.15) is 27.0 Å². The number of benzene rings is 2. The van der Waals surface area contributed by atoms with Crippen molar-refractivity contribution in [3.8, 4) is 0 Å². The number of carbonyl (C=O) groups is 1. The number of nitrogens with one attached hydrogen (secondary N) is 1. The van der Waals surface area contributed by atoms with Crippen molar-refractivity contribution in [2.45, 2.75) is 19.5 Å². The third kappa shape index (κ3) is 4.04. The van der Waals surface area contributed by atoms with Crippen molar-refractivity contribution in [2.24, 2.45) is 0 Å². The number of anilines is 1. The van der Waals surface area contributed by atoms with Crippen LogP contribution < -0.4 is 5.32 Å². The summed E-state index contributed by atoms with van der Waals surface area (Å²) < 4.78 is 13.4. The van der Waals surface area contributed by atoms with Crippen molar-refractivity contribution in [3.63, 3.8) is 0 Å². The van der Waals surface area contributed by atoms with E-state index in [4.69, 9.17) is 0 Å². The van der Waals surface area contributed by atoms with Crippen molar-refractivity contribution in [3.05, 3.63) is 95.1 Å². The van der Waals surface area contributed by atoms with Crippen molar-refractivity contribution >= 4 is 11.6 Å². The first-order valence-electron chi connectivity index (χ1n) is 8.98. The Morgan fingerprint density at radius 3 is 2.78 bits per heavy atom. The average Bonchev–Trinajstić information content (AvgIpc) is 2.69. The van der Waals surface area contributed by atoms with Gasteiger partial charge in [-0.3, -0.25) is 14.7 Å². The van der Waals surface area contributed by atoms with E-state index in [1.165, 1.54) is 23.8 Å². The number of nitrogens with zero attached hydrogens (tertiary/aromatic N) is 2. The Kier molecular flexibility index (Phi) is 4.94. The number of hydrogen-bond donors (Lipinski definition) is 1. The minimum absolute atomic E-state index is 0.300. The van der Waals surface area contributed by atoms with Gasteiger partial charge in [-0.1, -0.05) is 36.4 Å². The summed E-state index contributed by atoms with van der Waals surface area (Å²) in [6.07, 6.45) is 4.37. The summed E-state index contributed by atoms with van der Waals surface area (Å²) in [6.45, 7) is 2.59. The molecule has 4 nitrogen and oxygen atoms in total. The van der Waals surface area contributed by atoms with Gasteiger partial charge in [-0.15, -0.1) is 0 Å². The topological polar surface area (TPSA) is 45.2 Å². The van der Waals surface area contributed by atoms with Gasteiger partial charge < -0.3 is 5.32 Å². The van der Waals surface area contributed by atoms with Crippen LogP contribution in [0.25, 0.3) is 0 Å². The Morgan fingerprint density at radius 2 is 1.96 bits per heavy atom. The number of pyridine rings is 1. The average molecular weight is 361 g/mol. The SMILES string of the molecule is O=C(Nc1cncc2c1CCN(Cc1ccccc1)C2)c1cccc(F)c1. The second-order valence-corrected chi connectivity index (χ2v) is 6.74. The summed E-state index contributed by atoms with van der Waals surface area (Å²) in [7, 11) is 0. The molecule has 0 unspecified atom stereocenters. The molecule has 0 saturated heterocycles. The number of rotatable bonds is 4. The van der Waals surface area contributed by atoms with E-state index in [9.17, 15) is 9.18 Å². The fourth-order valence-electron chi connectivity index (χ4n) is 3.46. The molecule has 0 fully saturated rings. The largest absolute Gasteiger partial charge is 0.320 e. The molecule has 136 valence electrons. The first-order valence-corrected chi connectivity index (χ1v) is 8.98. The van der Waals surface area contributed by atoms with Crippen LogP contribution in [0, 0.1) is 5.82 Å². The Hall–Kier alpha value is -3.05. The molecule has 27 heavy (non-hydrogen) atoms. The summed E-state index contributed by atoms with van der Waals surface area (Å²) in [5, 5.41) is 2.89. The normalized spacial score (nSPS) is 13.8. The summed E-state index contributed by atoms with van der Waals surface area (Å²) in [6, 6.07) is 16.1. The third-order valence-electron chi connectivity index (χ3n) is 4.80. The molecule has 2 heterocycles. The highest BCUT2D eigenvalue weighted by molar-refractivity contribution is 6.04. The van der Waals surface area contributed by atoms with Crippen molar-refractivity contribution in [1.82, 2.24) is 9.88 Å². The minimum atomic E-state index is -0.424. The highest BCUT2D eigenvalue weighted by Crippen LogP contribution is 2.26. The zero-order valence-electron chi connectivity index (χ0n) is 14.9. The zero-order chi connectivity index (χ0) is 18.6. The number of fused-ring (bicyclic) bond motifs is 1. The van der Waals surface area contributed by atoms with Gasteiger partial charge in [0.1, 0.15) is 5.82 Å². The van der Waals surface area contributed by atoms with E-state index < -0.39 is 5.82 Å². The molecular formula is C22H20FN3O. The summed E-state index contributed by atoms with van der Waals surface area (Å²) in [5.74, 6) is -0.746. The van der Waals surface area contributed by atoms with Crippen LogP contribution in [0.2, 0.25) is 0 Å². The fourth-order valence-corrected chi connectivity index (χ4v) is 3.46. The summed E-state index contributed by atoms with van der Waals surface area (Å²) >= 11 is 0. The lowest BCUT2D eigenvalue weighted by Gasteiger charge is -2.29. The van der Waals surface area contributed by atoms with E-state index in [1.807, 2.05) is 12.3 Å². The zero-order valence-corrected chi connectivity index (χ0v) is 14.9. The molecule has 0 saturated carbocycles. The van der Waals surface area contributed by atoms with Crippen LogP contribution in [0.3, 0.4) is 0 Å². The van der Waals surface area contributed by atoms with E-state index in [2.05, 4.69) is 39.5 Å². The maximum absolute atomic E-state index is 13.4. The van der Waals surface area contributed by atoms with Crippen LogP contribution >= 0.6 is 0 Å². The van der Waals surface area contributed by atoms with Gasteiger partial charge in [0.05, 0.1) is 11.9 Å². The van der Waals surface area contributed by atoms with E-state index in [1.54, 1.807) is 12.3 Å². The third-order valence-corrected chi connectivity index (χ3v) is 4.80. The van der Waals surface area contributed by atoms with Crippen molar-refractivity contribution in [1.29, 1.82) is 0 Å². The van der Waals surface area contributed by atoms with Crippen LogP contribution in [0.4, 0.5) is 10.1 Å². The molecule has 2 aromatic carbocycles. The first kappa shape index (κ1) is 17.4. The Labute approximate surface area is 157 Å². The standard InChI is InChI=1S/C22H20FN3O/c23-19-8-4-7-17(11-19)22(27)25-21-13-24-12-18-15-26(10-9-20(18)21)14-16-5-2-1-3-6-16/h1-8,11-13H,9-10,14-15H2,(H,25,27). The lowest BCUT2D eigenvalue weighted by molar-refractivity contribution is 0.102. The lowest BCUT2D eigenvalue weighted by atomic mass is 9.99. The molecular weight excluding hydrogens is 341 g/mol. The quantitative estimate of drug-likeness (QED) is 0.763. The second kappa shape index (κ2) is 7.68. The van der Waals surface area contributed by atoms with Crippen molar-refractivity contribution in [2.75, 3.05) is 11.9 Å². The first-order chi connectivity index (χ1) is 13.2. The van der Waals surface area contributed by atoms with Gasteiger partial charge in [0, 0.05) is 31.4 Å². The van der Waals surface area contributed by atoms with Gasteiger partial charge in [0.2, 0.25) is 0 Å². The van der Waals surface area contributed by atoms with Gasteiger partial charge in [-0.25, -0.2) is 4.39 Å². The van der Waals surface area contributed by atoms with Crippen molar-refractivity contribution < 1.29 is 9.18 Å². The molecule has 0 radical (unpaired) electrons. The molecule has 0 spiro atoms. The highest BCUT2D eigenvalue weighted by Gasteiger charge is 2.20. The van der Waals surface area contributed by atoms with Crippen LogP contribution in [0.15, 0.2) is 67.0 Å². The molecule has 0 atom stereocenters. The van der Waals surface area contributed by atoms with Crippen LogP contribution in [-0.2, 0) is 19.5 Å². The maximum Gasteiger partial charge on any atom is 0.255 e. The maximum atomic E-state index is 13.4. The fraction of sp³-hybridized carbons (Fsp3) is 0.182. The van der Waals surface area contributed by atoms with E-state index in [0.29, 0.717) is 11.3 Å².